The van der Waals surface area contributed by atoms with Crippen LogP contribution < -0.4 is 10.1 Å². The SMILES string of the molecule is CCCOc1cccc(CNCCCCO)c1. The van der Waals surface area contributed by atoms with Crippen molar-refractivity contribution in [3.63, 3.8) is 0 Å². The molecule has 96 valence electrons. The molecule has 0 unspecified atom stereocenters. The molecule has 3 heteroatoms. The summed E-state index contributed by atoms with van der Waals surface area (Å²) < 4.78 is 5.58. The Hall–Kier alpha value is -1.06. The highest BCUT2D eigenvalue weighted by Gasteiger charge is 1.96. The average Bonchev–Trinajstić information content (AvgIpc) is 2.37. The van der Waals surface area contributed by atoms with Gasteiger partial charge in [-0.3, -0.25) is 0 Å². The van der Waals surface area contributed by atoms with Crippen LogP contribution in [0.4, 0.5) is 0 Å². The van der Waals surface area contributed by atoms with Gasteiger partial charge in [0.15, 0.2) is 0 Å². The van der Waals surface area contributed by atoms with E-state index < -0.39 is 0 Å². The first-order chi connectivity index (χ1) is 8.36. The number of hydrogen-bond donors (Lipinski definition) is 2. The summed E-state index contributed by atoms with van der Waals surface area (Å²) in [6.45, 7) is 4.96. The zero-order valence-corrected chi connectivity index (χ0v) is 10.6. The van der Waals surface area contributed by atoms with Crippen molar-refractivity contribution in [2.45, 2.75) is 32.7 Å². The van der Waals surface area contributed by atoms with E-state index in [9.17, 15) is 0 Å². The van der Waals surface area contributed by atoms with Crippen LogP contribution in [-0.4, -0.2) is 24.9 Å². The Labute approximate surface area is 104 Å². The molecule has 0 bridgehead atoms. The van der Waals surface area contributed by atoms with E-state index in [1.165, 1.54) is 5.56 Å². The zero-order valence-electron chi connectivity index (χ0n) is 10.6. The van der Waals surface area contributed by atoms with Crippen LogP contribution in [-0.2, 0) is 6.54 Å². The maximum atomic E-state index is 8.66. The second-order valence-corrected chi connectivity index (χ2v) is 4.10. The van der Waals surface area contributed by atoms with E-state index in [-0.39, 0.29) is 6.61 Å². The molecule has 0 saturated carbocycles. The van der Waals surface area contributed by atoms with Gasteiger partial charge in [0.2, 0.25) is 0 Å². The second-order valence-electron chi connectivity index (χ2n) is 4.10. The summed E-state index contributed by atoms with van der Waals surface area (Å²) in [6, 6.07) is 8.19. The van der Waals surface area contributed by atoms with Gasteiger partial charge in [-0.1, -0.05) is 19.1 Å². The topological polar surface area (TPSA) is 41.5 Å². The molecule has 17 heavy (non-hydrogen) atoms. The predicted octanol–water partition coefficient (Wildman–Crippen LogP) is 2.34. The highest BCUT2D eigenvalue weighted by Crippen LogP contribution is 2.13. The van der Waals surface area contributed by atoms with E-state index in [4.69, 9.17) is 9.84 Å². The van der Waals surface area contributed by atoms with Crippen LogP contribution in [0.3, 0.4) is 0 Å². The Morgan fingerprint density at radius 3 is 2.94 bits per heavy atom. The Morgan fingerprint density at radius 2 is 2.18 bits per heavy atom. The van der Waals surface area contributed by atoms with E-state index in [0.29, 0.717) is 0 Å². The molecule has 0 amide bonds. The smallest absolute Gasteiger partial charge is 0.119 e. The number of nitrogens with one attached hydrogen (secondary N) is 1. The molecule has 0 spiro atoms. The molecule has 0 radical (unpaired) electrons. The number of aliphatic hydroxyl groups is 1. The highest BCUT2D eigenvalue weighted by molar-refractivity contribution is 5.28. The standard InChI is InChI=1S/C14H23NO2/c1-2-10-17-14-7-5-6-13(11-14)12-15-8-3-4-9-16/h5-7,11,15-16H,2-4,8-10,12H2,1H3. The van der Waals surface area contributed by atoms with Gasteiger partial charge in [-0.25, -0.2) is 0 Å². The van der Waals surface area contributed by atoms with Gasteiger partial charge in [0, 0.05) is 13.2 Å². The third kappa shape index (κ3) is 6.29. The summed E-state index contributed by atoms with van der Waals surface area (Å²) >= 11 is 0. The van der Waals surface area contributed by atoms with Crippen LogP contribution in [0.25, 0.3) is 0 Å². The fourth-order valence-corrected chi connectivity index (χ4v) is 1.56. The molecule has 3 nitrogen and oxygen atoms in total. The second kappa shape index (κ2) is 9.02. The summed E-state index contributed by atoms with van der Waals surface area (Å²) in [7, 11) is 0. The fourth-order valence-electron chi connectivity index (χ4n) is 1.56. The molecule has 0 aliphatic carbocycles. The van der Waals surface area contributed by atoms with Gasteiger partial charge in [0.1, 0.15) is 5.75 Å². The van der Waals surface area contributed by atoms with Gasteiger partial charge >= 0.3 is 0 Å². The zero-order chi connectivity index (χ0) is 12.3. The third-order valence-corrected chi connectivity index (χ3v) is 2.46. The van der Waals surface area contributed by atoms with Crippen molar-refractivity contribution in [3.8, 4) is 5.75 Å². The number of unbranched alkanes of at least 4 members (excludes halogenated alkanes) is 1. The Kier molecular flexibility index (Phi) is 7.43. The van der Waals surface area contributed by atoms with Crippen LogP contribution in [0.2, 0.25) is 0 Å². The van der Waals surface area contributed by atoms with Crippen LogP contribution in [0.15, 0.2) is 24.3 Å². The molecule has 0 fully saturated rings. The van der Waals surface area contributed by atoms with Crippen LogP contribution in [0, 0.1) is 0 Å². The van der Waals surface area contributed by atoms with Crippen LogP contribution in [0.1, 0.15) is 31.7 Å². The predicted molar refractivity (Wildman–Crippen MR) is 70.3 cm³/mol. The number of hydrogen-bond acceptors (Lipinski definition) is 3. The van der Waals surface area contributed by atoms with Gasteiger partial charge in [-0.05, 0) is 43.5 Å². The van der Waals surface area contributed by atoms with E-state index in [2.05, 4.69) is 24.4 Å². The number of aliphatic hydroxyl groups excluding tert-OH is 1. The van der Waals surface area contributed by atoms with Crippen molar-refractivity contribution in [2.24, 2.45) is 0 Å². The lowest BCUT2D eigenvalue weighted by Crippen LogP contribution is -2.15. The quantitative estimate of drug-likeness (QED) is 0.648. The first-order valence-electron chi connectivity index (χ1n) is 6.40. The third-order valence-electron chi connectivity index (χ3n) is 2.46. The molecule has 1 aromatic carbocycles. The maximum absolute atomic E-state index is 8.66. The Morgan fingerprint density at radius 1 is 1.29 bits per heavy atom. The minimum atomic E-state index is 0.280. The Bertz CT molecular complexity index is 302. The van der Waals surface area contributed by atoms with Crippen molar-refractivity contribution in [1.29, 1.82) is 0 Å². The molecule has 0 aromatic heterocycles. The van der Waals surface area contributed by atoms with E-state index in [0.717, 1.165) is 44.7 Å². The lowest BCUT2D eigenvalue weighted by atomic mass is 10.2. The largest absolute Gasteiger partial charge is 0.494 e. The van der Waals surface area contributed by atoms with Gasteiger partial charge in [-0.2, -0.15) is 0 Å². The molecule has 0 aliphatic heterocycles. The maximum Gasteiger partial charge on any atom is 0.119 e. The van der Waals surface area contributed by atoms with Crippen LogP contribution in [0.5, 0.6) is 5.75 Å². The lowest BCUT2D eigenvalue weighted by Gasteiger charge is -2.08. The summed E-state index contributed by atoms with van der Waals surface area (Å²) in [5.41, 5.74) is 1.24. The number of benzene rings is 1. The molecule has 0 heterocycles. The van der Waals surface area contributed by atoms with Crippen molar-refractivity contribution >= 4 is 0 Å². The minimum absolute atomic E-state index is 0.280. The van der Waals surface area contributed by atoms with Crippen molar-refractivity contribution < 1.29 is 9.84 Å². The first kappa shape index (κ1) is 14.0. The van der Waals surface area contributed by atoms with E-state index >= 15 is 0 Å². The minimum Gasteiger partial charge on any atom is -0.494 e. The van der Waals surface area contributed by atoms with Gasteiger partial charge in [-0.15, -0.1) is 0 Å². The fraction of sp³-hybridized carbons (Fsp3) is 0.571. The molecule has 0 saturated heterocycles. The normalized spacial score (nSPS) is 10.5. The van der Waals surface area contributed by atoms with Gasteiger partial charge in [0.05, 0.1) is 6.61 Å². The molecule has 0 atom stereocenters. The first-order valence-corrected chi connectivity index (χ1v) is 6.40. The molecule has 1 rings (SSSR count). The molecular formula is C14H23NO2. The Balaban J connectivity index is 2.27. The summed E-state index contributed by atoms with van der Waals surface area (Å²) in [5, 5.41) is 12.0. The lowest BCUT2D eigenvalue weighted by molar-refractivity contribution is 0.283. The van der Waals surface area contributed by atoms with Crippen LogP contribution >= 0.6 is 0 Å². The van der Waals surface area contributed by atoms with E-state index in [1.54, 1.807) is 0 Å². The molecule has 0 aliphatic rings. The summed E-state index contributed by atoms with van der Waals surface area (Å²) in [4.78, 5) is 0. The molecule has 1 aromatic rings. The van der Waals surface area contributed by atoms with E-state index in [1.807, 2.05) is 12.1 Å². The number of rotatable bonds is 9. The number of ether oxygens (including phenoxy) is 1. The van der Waals surface area contributed by atoms with Gasteiger partial charge < -0.3 is 15.2 Å². The van der Waals surface area contributed by atoms with Crippen molar-refractivity contribution in [1.82, 2.24) is 5.32 Å². The molecular weight excluding hydrogens is 214 g/mol. The summed E-state index contributed by atoms with van der Waals surface area (Å²) in [6.07, 6.45) is 2.92. The average molecular weight is 237 g/mol. The summed E-state index contributed by atoms with van der Waals surface area (Å²) in [5.74, 6) is 0.946. The highest BCUT2D eigenvalue weighted by atomic mass is 16.5. The van der Waals surface area contributed by atoms with Crippen molar-refractivity contribution in [2.75, 3.05) is 19.8 Å². The molecule has 2 N–H and O–H groups in total. The monoisotopic (exact) mass is 237 g/mol. The van der Waals surface area contributed by atoms with Crippen molar-refractivity contribution in [3.05, 3.63) is 29.8 Å². The van der Waals surface area contributed by atoms with Gasteiger partial charge in [0.25, 0.3) is 0 Å².